The molecule has 1 fully saturated rings. The summed E-state index contributed by atoms with van der Waals surface area (Å²) in [6.07, 6.45) is 7.48. The number of pyridine rings is 1. The predicted octanol–water partition coefficient (Wildman–Crippen LogP) is 4.32. The van der Waals surface area contributed by atoms with Gasteiger partial charge in [-0.25, -0.2) is 19.2 Å². The molecule has 11 heteroatoms. The highest BCUT2D eigenvalue weighted by Gasteiger charge is 2.46. The zero-order chi connectivity index (χ0) is 22.5. The Morgan fingerprint density at radius 3 is 2.62 bits per heavy atom. The molecule has 5 rings (SSSR count). The molecule has 3 aromatic rings. The molecule has 168 valence electrons. The smallest absolute Gasteiger partial charge is 0.234 e. The lowest BCUT2D eigenvalue weighted by Crippen LogP contribution is -2.48. The van der Waals surface area contributed by atoms with Crippen LogP contribution in [-0.2, 0) is 16.6 Å². The van der Waals surface area contributed by atoms with Crippen molar-refractivity contribution in [1.82, 2.24) is 19.5 Å². The van der Waals surface area contributed by atoms with Gasteiger partial charge in [-0.1, -0.05) is 19.3 Å². The van der Waals surface area contributed by atoms with E-state index in [0.717, 1.165) is 30.5 Å². The van der Waals surface area contributed by atoms with Crippen LogP contribution in [0.5, 0.6) is 0 Å². The van der Waals surface area contributed by atoms with Crippen LogP contribution in [0.1, 0.15) is 46.0 Å². The number of halogens is 1. The molecule has 0 bridgehead atoms. The molecule has 1 saturated carbocycles. The number of nitrogens with one attached hydrogen (secondary N) is 1. The number of hydrogen-bond donors (Lipinski definition) is 2. The molecular weight excluding hydrogens is 433 g/mol. The Balaban J connectivity index is 1.60. The monoisotopic (exact) mass is 457 g/mol. The number of hydrazone groups is 1. The standard InChI is InChI=1S/C21H24FN7O2S/c1-13(2)29-17-10-14-11-24-20(25-15-6-7-16(23-12-15)32(30)31)26-18(14)28(17)21(19(22)27-29)8-4-3-5-9-21/h6-7,10-13H,3-5,8-9H2,1-2H3,(H,30,31)(H,24,25,26). The molecule has 1 aliphatic carbocycles. The molecule has 0 aromatic carbocycles. The predicted molar refractivity (Wildman–Crippen MR) is 121 cm³/mol. The number of hydrogen-bond acceptors (Lipinski definition) is 7. The van der Waals surface area contributed by atoms with Gasteiger partial charge in [0.1, 0.15) is 17.0 Å². The number of aromatic nitrogens is 4. The Bertz CT molecular complexity index is 1220. The summed E-state index contributed by atoms with van der Waals surface area (Å²) in [4.78, 5) is 13.1. The summed E-state index contributed by atoms with van der Waals surface area (Å²) in [5, 5.41) is 10.0. The van der Waals surface area contributed by atoms with E-state index >= 15 is 4.39 Å². The average molecular weight is 458 g/mol. The molecule has 1 aliphatic heterocycles. The van der Waals surface area contributed by atoms with Gasteiger partial charge in [-0.3, -0.25) is 4.57 Å². The van der Waals surface area contributed by atoms with Gasteiger partial charge >= 0.3 is 0 Å². The largest absolute Gasteiger partial charge is 0.323 e. The molecule has 9 nitrogen and oxygen atoms in total. The third-order valence-electron chi connectivity index (χ3n) is 6.10. The van der Waals surface area contributed by atoms with E-state index < -0.39 is 16.6 Å². The Kier molecular flexibility index (Phi) is 5.17. The van der Waals surface area contributed by atoms with E-state index in [-0.39, 0.29) is 17.0 Å². The van der Waals surface area contributed by atoms with Crippen LogP contribution >= 0.6 is 0 Å². The second-order valence-corrected chi connectivity index (χ2v) is 9.41. The van der Waals surface area contributed by atoms with Crippen molar-refractivity contribution in [2.75, 3.05) is 10.3 Å². The second-order valence-electron chi connectivity index (χ2n) is 8.49. The van der Waals surface area contributed by atoms with Crippen molar-refractivity contribution >= 4 is 45.5 Å². The van der Waals surface area contributed by atoms with Gasteiger partial charge in [-0.15, -0.1) is 5.10 Å². The van der Waals surface area contributed by atoms with Gasteiger partial charge in [-0.2, -0.15) is 9.37 Å². The molecule has 1 atom stereocenters. The summed E-state index contributed by atoms with van der Waals surface area (Å²) in [5.74, 6) is 0.796. The van der Waals surface area contributed by atoms with E-state index in [9.17, 15) is 4.21 Å². The maximum Gasteiger partial charge on any atom is 0.234 e. The van der Waals surface area contributed by atoms with Crippen LogP contribution in [-0.4, -0.2) is 40.3 Å². The van der Waals surface area contributed by atoms with Crippen molar-refractivity contribution in [3.63, 3.8) is 0 Å². The molecule has 0 amide bonds. The number of nitrogens with zero attached hydrogens (tertiary/aromatic N) is 6. The van der Waals surface area contributed by atoms with Crippen LogP contribution in [0.4, 0.5) is 21.8 Å². The first-order valence-electron chi connectivity index (χ1n) is 10.7. The maximum absolute atomic E-state index is 15.5. The van der Waals surface area contributed by atoms with Crippen LogP contribution < -0.4 is 10.3 Å². The van der Waals surface area contributed by atoms with Crippen molar-refractivity contribution < 1.29 is 13.2 Å². The minimum absolute atomic E-state index is 0.0167. The van der Waals surface area contributed by atoms with Gasteiger partial charge in [0.2, 0.25) is 23.0 Å². The van der Waals surface area contributed by atoms with E-state index in [4.69, 9.17) is 9.54 Å². The van der Waals surface area contributed by atoms with Crippen LogP contribution in [0.3, 0.4) is 0 Å². The molecular formula is C21H24FN7O2S. The van der Waals surface area contributed by atoms with Crippen molar-refractivity contribution in [3.05, 3.63) is 30.6 Å². The van der Waals surface area contributed by atoms with E-state index in [1.807, 2.05) is 24.5 Å². The van der Waals surface area contributed by atoms with Gasteiger partial charge < -0.3 is 9.87 Å². The van der Waals surface area contributed by atoms with Gasteiger partial charge in [0, 0.05) is 17.6 Å². The van der Waals surface area contributed by atoms with Crippen molar-refractivity contribution in [2.24, 2.45) is 5.10 Å². The fourth-order valence-corrected chi connectivity index (χ4v) is 4.92. The molecule has 1 spiro atoms. The first-order chi connectivity index (χ1) is 15.4. The molecule has 32 heavy (non-hydrogen) atoms. The molecule has 3 aromatic heterocycles. The van der Waals surface area contributed by atoms with Gasteiger partial charge in [0.15, 0.2) is 5.03 Å². The molecule has 2 N–H and O–H groups in total. The summed E-state index contributed by atoms with van der Waals surface area (Å²) in [5.41, 5.74) is 0.407. The summed E-state index contributed by atoms with van der Waals surface area (Å²) >= 11 is -2.14. The van der Waals surface area contributed by atoms with Crippen molar-refractivity contribution in [2.45, 2.75) is 62.6 Å². The van der Waals surface area contributed by atoms with Crippen LogP contribution in [0.25, 0.3) is 11.0 Å². The van der Waals surface area contributed by atoms with E-state index in [2.05, 4.69) is 20.4 Å². The lowest BCUT2D eigenvalue weighted by molar-refractivity contribution is 0.261. The SMILES string of the molecule is CC(C)N1N=C(F)C2(CCCCC2)n2c1cc1cnc(Nc3ccc(S(=O)O)nc3)nc12. The number of anilines is 3. The summed E-state index contributed by atoms with van der Waals surface area (Å²) in [7, 11) is 0. The van der Waals surface area contributed by atoms with E-state index in [1.165, 1.54) is 12.3 Å². The normalized spacial score (nSPS) is 18.7. The minimum Gasteiger partial charge on any atom is -0.323 e. The highest BCUT2D eigenvalue weighted by molar-refractivity contribution is 7.79. The van der Waals surface area contributed by atoms with Crippen LogP contribution in [0.15, 0.2) is 40.7 Å². The summed E-state index contributed by atoms with van der Waals surface area (Å²) < 4.78 is 37.8. The highest BCUT2D eigenvalue weighted by Crippen LogP contribution is 2.46. The van der Waals surface area contributed by atoms with Crippen molar-refractivity contribution in [1.29, 1.82) is 0 Å². The lowest BCUT2D eigenvalue weighted by atomic mass is 9.81. The van der Waals surface area contributed by atoms with Crippen LogP contribution in [0, 0.1) is 0 Å². The fourth-order valence-electron chi connectivity index (χ4n) is 4.59. The Morgan fingerprint density at radius 2 is 1.97 bits per heavy atom. The second kappa shape index (κ2) is 7.89. The van der Waals surface area contributed by atoms with Gasteiger partial charge in [0.25, 0.3) is 0 Å². The first-order valence-corrected chi connectivity index (χ1v) is 11.8. The molecule has 1 unspecified atom stereocenters. The number of rotatable bonds is 4. The quantitative estimate of drug-likeness (QED) is 0.562. The third kappa shape index (κ3) is 3.36. The van der Waals surface area contributed by atoms with Crippen LogP contribution in [0.2, 0.25) is 0 Å². The third-order valence-corrected chi connectivity index (χ3v) is 6.70. The summed E-state index contributed by atoms with van der Waals surface area (Å²) in [6.45, 7) is 3.96. The summed E-state index contributed by atoms with van der Waals surface area (Å²) in [6, 6.07) is 5.04. The minimum atomic E-state index is -2.14. The average Bonchev–Trinajstić information content (AvgIpc) is 3.17. The topological polar surface area (TPSA) is 109 Å². The molecule has 0 radical (unpaired) electrons. The lowest BCUT2D eigenvalue weighted by Gasteiger charge is -2.43. The fraction of sp³-hybridized carbons (Fsp3) is 0.429. The maximum atomic E-state index is 15.5. The van der Waals surface area contributed by atoms with Crippen molar-refractivity contribution in [3.8, 4) is 0 Å². The van der Waals surface area contributed by atoms with E-state index in [1.54, 1.807) is 17.3 Å². The zero-order valence-electron chi connectivity index (χ0n) is 17.8. The Morgan fingerprint density at radius 1 is 1.19 bits per heavy atom. The molecule has 2 aliphatic rings. The van der Waals surface area contributed by atoms with Gasteiger partial charge in [-0.05, 0) is 44.9 Å². The number of fused-ring (bicyclic) bond motifs is 4. The highest BCUT2D eigenvalue weighted by atomic mass is 32.2. The first kappa shape index (κ1) is 21.0. The Labute approximate surface area is 187 Å². The van der Waals surface area contributed by atoms with Gasteiger partial charge in [0.05, 0.1) is 11.9 Å². The molecule has 0 saturated heterocycles. The zero-order valence-corrected chi connectivity index (χ0v) is 18.6. The Hall–Kier alpha value is -2.92. The molecule has 4 heterocycles. The van der Waals surface area contributed by atoms with E-state index in [0.29, 0.717) is 30.1 Å².